The molecule has 0 heterocycles. The lowest BCUT2D eigenvalue weighted by Crippen LogP contribution is -2.15. The highest BCUT2D eigenvalue weighted by Crippen LogP contribution is 2.13. The summed E-state index contributed by atoms with van der Waals surface area (Å²) >= 11 is 1.90. The molecule has 0 bridgehead atoms. The van der Waals surface area contributed by atoms with Crippen LogP contribution in [0.2, 0.25) is 0 Å². The molecule has 3 heteroatoms. The minimum absolute atomic E-state index is 0.241. The lowest BCUT2D eigenvalue weighted by atomic mass is 10.2. The average molecular weight is 253 g/mol. The Balaban J connectivity index is 2.25. The van der Waals surface area contributed by atoms with Gasteiger partial charge >= 0.3 is 0 Å². The van der Waals surface area contributed by atoms with E-state index in [0.717, 1.165) is 18.8 Å². The van der Waals surface area contributed by atoms with Crippen molar-refractivity contribution in [2.45, 2.75) is 32.9 Å². The molecule has 2 nitrogen and oxygen atoms in total. The van der Waals surface area contributed by atoms with Gasteiger partial charge in [0.25, 0.3) is 0 Å². The molecule has 0 unspecified atom stereocenters. The fourth-order valence-electron chi connectivity index (χ4n) is 1.53. The maximum atomic E-state index is 5.60. The highest BCUT2D eigenvalue weighted by molar-refractivity contribution is 7.98. The molecule has 0 aliphatic heterocycles. The van der Waals surface area contributed by atoms with Crippen molar-refractivity contribution in [3.63, 3.8) is 0 Å². The molecule has 1 aromatic rings. The average Bonchev–Trinajstić information content (AvgIpc) is 2.30. The quantitative estimate of drug-likeness (QED) is 0.718. The Kier molecular flexibility index (Phi) is 7.13. The third-order valence-electron chi connectivity index (χ3n) is 2.33. The summed E-state index contributed by atoms with van der Waals surface area (Å²) in [7, 11) is 0. The summed E-state index contributed by atoms with van der Waals surface area (Å²) in [5.41, 5.74) is 1.31. The highest BCUT2D eigenvalue weighted by Gasteiger charge is 1.97. The van der Waals surface area contributed by atoms with Crippen LogP contribution in [-0.2, 0) is 6.54 Å². The Labute approximate surface area is 109 Å². The topological polar surface area (TPSA) is 21.3 Å². The van der Waals surface area contributed by atoms with Crippen LogP contribution in [0.1, 0.15) is 25.8 Å². The predicted octanol–water partition coefficient (Wildman–Crippen LogP) is 3.32. The van der Waals surface area contributed by atoms with Gasteiger partial charge in [0.15, 0.2) is 0 Å². The third kappa shape index (κ3) is 6.59. The first-order valence-electron chi connectivity index (χ1n) is 6.17. The zero-order valence-corrected chi connectivity index (χ0v) is 11.8. The van der Waals surface area contributed by atoms with Gasteiger partial charge in [-0.3, -0.25) is 0 Å². The number of rotatable bonds is 8. The zero-order chi connectivity index (χ0) is 12.5. The molecule has 0 aliphatic carbocycles. The van der Waals surface area contributed by atoms with Gasteiger partial charge < -0.3 is 10.1 Å². The second-order valence-electron chi connectivity index (χ2n) is 4.33. The van der Waals surface area contributed by atoms with Gasteiger partial charge in [0.1, 0.15) is 5.75 Å². The van der Waals surface area contributed by atoms with E-state index in [1.165, 1.54) is 17.7 Å². The fraction of sp³-hybridized carbons (Fsp3) is 0.571. The van der Waals surface area contributed by atoms with Gasteiger partial charge in [0, 0.05) is 6.54 Å². The molecule has 96 valence electrons. The molecule has 0 atom stereocenters. The summed E-state index contributed by atoms with van der Waals surface area (Å²) in [5.74, 6) is 2.18. The molecule has 0 aromatic heterocycles. The van der Waals surface area contributed by atoms with Crippen LogP contribution in [0.5, 0.6) is 5.75 Å². The lowest BCUT2D eigenvalue weighted by molar-refractivity contribution is 0.242. The standard InChI is InChI=1S/C14H23NOS/c1-12(2)16-14-7-5-13(6-8-14)11-15-9-4-10-17-3/h5-8,12,15H,4,9-11H2,1-3H3. The largest absolute Gasteiger partial charge is 0.491 e. The maximum absolute atomic E-state index is 5.60. The monoisotopic (exact) mass is 253 g/mol. The van der Waals surface area contributed by atoms with Crippen LogP contribution in [0.25, 0.3) is 0 Å². The summed E-state index contributed by atoms with van der Waals surface area (Å²) < 4.78 is 5.60. The van der Waals surface area contributed by atoms with Crippen molar-refractivity contribution in [1.82, 2.24) is 5.32 Å². The number of nitrogens with one attached hydrogen (secondary N) is 1. The van der Waals surface area contributed by atoms with E-state index in [9.17, 15) is 0 Å². The van der Waals surface area contributed by atoms with E-state index in [4.69, 9.17) is 4.74 Å². The van der Waals surface area contributed by atoms with Crippen LogP contribution in [0.4, 0.5) is 0 Å². The normalized spacial score (nSPS) is 10.8. The van der Waals surface area contributed by atoms with E-state index in [1.807, 2.05) is 37.7 Å². The van der Waals surface area contributed by atoms with Gasteiger partial charge in [-0.25, -0.2) is 0 Å². The first kappa shape index (κ1) is 14.4. The van der Waals surface area contributed by atoms with Gasteiger partial charge in [-0.05, 0) is 56.5 Å². The van der Waals surface area contributed by atoms with E-state index in [0.29, 0.717) is 0 Å². The maximum Gasteiger partial charge on any atom is 0.119 e. The Morgan fingerprint density at radius 3 is 2.53 bits per heavy atom. The molecule has 1 N–H and O–H groups in total. The van der Waals surface area contributed by atoms with Crippen LogP contribution in [-0.4, -0.2) is 24.7 Å². The molecule has 17 heavy (non-hydrogen) atoms. The highest BCUT2D eigenvalue weighted by atomic mass is 32.2. The number of ether oxygens (including phenoxy) is 1. The molecule has 0 radical (unpaired) electrons. The second kappa shape index (κ2) is 8.43. The molecule has 0 spiro atoms. The molecule has 0 fully saturated rings. The molecular weight excluding hydrogens is 230 g/mol. The number of hydrogen-bond donors (Lipinski definition) is 1. The minimum atomic E-state index is 0.241. The van der Waals surface area contributed by atoms with Gasteiger partial charge in [-0.2, -0.15) is 11.8 Å². The molecular formula is C14H23NOS. The van der Waals surface area contributed by atoms with Crippen LogP contribution in [0.15, 0.2) is 24.3 Å². The smallest absolute Gasteiger partial charge is 0.119 e. The Hall–Kier alpha value is -0.670. The van der Waals surface area contributed by atoms with E-state index < -0.39 is 0 Å². The molecule has 0 aliphatic rings. The van der Waals surface area contributed by atoms with Gasteiger partial charge in [0.2, 0.25) is 0 Å². The van der Waals surface area contributed by atoms with E-state index in [-0.39, 0.29) is 6.10 Å². The van der Waals surface area contributed by atoms with Crippen LogP contribution < -0.4 is 10.1 Å². The number of thioether (sulfide) groups is 1. The third-order valence-corrected chi connectivity index (χ3v) is 3.02. The van der Waals surface area contributed by atoms with Crippen molar-refractivity contribution >= 4 is 11.8 Å². The summed E-state index contributed by atoms with van der Waals surface area (Å²) in [5, 5.41) is 3.44. The van der Waals surface area contributed by atoms with Crippen LogP contribution in [0.3, 0.4) is 0 Å². The zero-order valence-electron chi connectivity index (χ0n) is 11.0. The number of benzene rings is 1. The molecule has 0 saturated heterocycles. The SMILES string of the molecule is CSCCCNCc1ccc(OC(C)C)cc1. The second-order valence-corrected chi connectivity index (χ2v) is 5.32. The van der Waals surface area contributed by atoms with Gasteiger partial charge in [-0.15, -0.1) is 0 Å². The molecule has 0 amide bonds. The van der Waals surface area contributed by atoms with E-state index in [1.54, 1.807) is 0 Å². The molecule has 1 aromatic carbocycles. The van der Waals surface area contributed by atoms with E-state index >= 15 is 0 Å². The Bertz CT molecular complexity index is 298. The van der Waals surface area contributed by atoms with E-state index in [2.05, 4.69) is 23.7 Å². The van der Waals surface area contributed by atoms with Crippen molar-refractivity contribution < 1.29 is 4.74 Å². The molecule has 1 rings (SSSR count). The summed E-state index contributed by atoms with van der Waals surface area (Å²) in [6, 6.07) is 8.33. The molecule has 0 saturated carbocycles. The predicted molar refractivity (Wildman–Crippen MR) is 76.9 cm³/mol. The van der Waals surface area contributed by atoms with Crippen LogP contribution in [0, 0.1) is 0 Å². The Morgan fingerprint density at radius 1 is 1.24 bits per heavy atom. The van der Waals surface area contributed by atoms with Crippen molar-refractivity contribution in [2.24, 2.45) is 0 Å². The van der Waals surface area contributed by atoms with Gasteiger partial charge in [-0.1, -0.05) is 12.1 Å². The lowest BCUT2D eigenvalue weighted by Gasteiger charge is -2.10. The first-order valence-corrected chi connectivity index (χ1v) is 7.57. The van der Waals surface area contributed by atoms with Gasteiger partial charge in [0.05, 0.1) is 6.10 Å². The van der Waals surface area contributed by atoms with Crippen molar-refractivity contribution in [1.29, 1.82) is 0 Å². The Morgan fingerprint density at radius 2 is 1.94 bits per heavy atom. The number of hydrogen-bond acceptors (Lipinski definition) is 3. The van der Waals surface area contributed by atoms with Crippen molar-refractivity contribution in [3.8, 4) is 5.75 Å². The summed E-state index contributed by atoms with van der Waals surface area (Å²) in [6.07, 6.45) is 3.62. The first-order chi connectivity index (χ1) is 8.22. The van der Waals surface area contributed by atoms with Crippen LogP contribution >= 0.6 is 11.8 Å². The summed E-state index contributed by atoms with van der Waals surface area (Å²) in [6.45, 7) is 6.11. The summed E-state index contributed by atoms with van der Waals surface area (Å²) in [4.78, 5) is 0. The minimum Gasteiger partial charge on any atom is -0.491 e. The fourth-order valence-corrected chi connectivity index (χ4v) is 1.97. The van der Waals surface area contributed by atoms with Crippen molar-refractivity contribution in [2.75, 3.05) is 18.6 Å². The van der Waals surface area contributed by atoms with Crippen molar-refractivity contribution in [3.05, 3.63) is 29.8 Å².